The van der Waals surface area contributed by atoms with Crippen LogP contribution in [0.5, 0.6) is 0 Å². The fraction of sp³-hybridized carbons (Fsp3) is 0.769. The summed E-state index contributed by atoms with van der Waals surface area (Å²) in [5.74, 6) is -0.661. The zero-order chi connectivity index (χ0) is 15.7. The quantitative estimate of drug-likeness (QED) is 0.618. The Balaban J connectivity index is 2.54. The van der Waals surface area contributed by atoms with E-state index in [1.807, 2.05) is 0 Å². The zero-order valence-electron chi connectivity index (χ0n) is 12.6. The van der Waals surface area contributed by atoms with Crippen molar-refractivity contribution in [2.75, 3.05) is 6.54 Å². The van der Waals surface area contributed by atoms with Crippen LogP contribution in [0, 0.1) is 0 Å². The van der Waals surface area contributed by atoms with Gasteiger partial charge >= 0.3 is 6.03 Å². The van der Waals surface area contributed by atoms with Crippen molar-refractivity contribution < 1.29 is 19.5 Å². The Kier molecular flexibility index (Phi) is 4.43. The maximum atomic E-state index is 11.9. The first kappa shape index (κ1) is 16.4. The van der Waals surface area contributed by atoms with Crippen LogP contribution >= 0.6 is 0 Å². The summed E-state index contributed by atoms with van der Waals surface area (Å²) in [6.07, 6.45) is -0.701. The van der Waals surface area contributed by atoms with Crippen LogP contribution in [0.2, 0.25) is 0 Å². The average Bonchev–Trinajstić information content (AvgIpc) is 2.45. The second-order valence-electron chi connectivity index (χ2n) is 6.21. The van der Waals surface area contributed by atoms with Gasteiger partial charge in [0.1, 0.15) is 5.54 Å². The lowest BCUT2D eigenvalue weighted by Crippen LogP contribution is -2.51. The van der Waals surface area contributed by atoms with Gasteiger partial charge in [-0.1, -0.05) is 0 Å². The molecule has 114 valence electrons. The molecule has 0 aromatic carbocycles. The van der Waals surface area contributed by atoms with Gasteiger partial charge in [-0.05, 0) is 34.6 Å². The fourth-order valence-corrected chi connectivity index (χ4v) is 1.76. The lowest BCUT2D eigenvalue weighted by molar-refractivity contribution is -0.130. The number of hydrogen-bond donors (Lipinski definition) is 3. The van der Waals surface area contributed by atoms with Gasteiger partial charge in [0.25, 0.3) is 5.91 Å². The predicted octanol–water partition coefficient (Wildman–Crippen LogP) is -0.0175. The lowest BCUT2D eigenvalue weighted by Gasteiger charge is -2.29. The highest BCUT2D eigenvalue weighted by atomic mass is 16.3. The van der Waals surface area contributed by atoms with E-state index >= 15 is 0 Å². The largest absolute Gasteiger partial charge is 0.391 e. The van der Waals surface area contributed by atoms with Crippen LogP contribution in [0.4, 0.5) is 4.79 Å². The van der Waals surface area contributed by atoms with Crippen LogP contribution in [0.1, 0.15) is 41.0 Å². The Morgan fingerprint density at radius 2 is 2.00 bits per heavy atom. The molecule has 1 aliphatic heterocycles. The second-order valence-corrected chi connectivity index (χ2v) is 6.21. The number of imide groups is 1. The molecule has 3 N–H and O–H groups in total. The molecule has 1 heterocycles. The maximum absolute atomic E-state index is 11.9. The van der Waals surface area contributed by atoms with Gasteiger partial charge in [0, 0.05) is 13.0 Å². The van der Waals surface area contributed by atoms with Crippen LogP contribution in [-0.4, -0.2) is 51.6 Å². The van der Waals surface area contributed by atoms with Crippen LogP contribution < -0.4 is 10.6 Å². The third-order valence-electron chi connectivity index (χ3n) is 3.51. The van der Waals surface area contributed by atoms with Crippen LogP contribution in [0.15, 0.2) is 0 Å². The first-order chi connectivity index (χ1) is 8.97. The number of amides is 4. The van der Waals surface area contributed by atoms with E-state index in [2.05, 4.69) is 10.6 Å². The summed E-state index contributed by atoms with van der Waals surface area (Å²) in [4.78, 5) is 36.4. The van der Waals surface area contributed by atoms with E-state index in [-0.39, 0.29) is 24.8 Å². The van der Waals surface area contributed by atoms with E-state index in [1.54, 1.807) is 34.6 Å². The van der Waals surface area contributed by atoms with Crippen molar-refractivity contribution in [3.05, 3.63) is 0 Å². The van der Waals surface area contributed by atoms with Crippen LogP contribution in [0.25, 0.3) is 0 Å². The molecule has 1 fully saturated rings. The van der Waals surface area contributed by atoms with Gasteiger partial charge < -0.3 is 15.7 Å². The van der Waals surface area contributed by atoms with Crippen molar-refractivity contribution in [3.63, 3.8) is 0 Å². The van der Waals surface area contributed by atoms with Crippen molar-refractivity contribution >= 4 is 17.8 Å². The Bertz CT molecular complexity index is 429. The van der Waals surface area contributed by atoms with Crippen molar-refractivity contribution in [2.24, 2.45) is 0 Å². The fourth-order valence-electron chi connectivity index (χ4n) is 1.76. The minimum atomic E-state index is -0.924. The number of nitrogens with zero attached hydrogens (tertiary/aromatic N) is 1. The summed E-state index contributed by atoms with van der Waals surface area (Å²) >= 11 is 0. The molecule has 1 saturated heterocycles. The van der Waals surface area contributed by atoms with E-state index < -0.39 is 23.2 Å². The van der Waals surface area contributed by atoms with E-state index in [0.29, 0.717) is 0 Å². The molecule has 0 aromatic heterocycles. The number of aliphatic hydroxyl groups excluding tert-OH is 1. The molecule has 20 heavy (non-hydrogen) atoms. The third-order valence-corrected chi connectivity index (χ3v) is 3.51. The first-order valence-electron chi connectivity index (χ1n) is 6.60. The Labute approximate surface area is 118 Å². The Morgan fingerprint density at radius 1 is 1.45 bits per heavy atom. The number of carbonyl (C=O) groups is 3. The van der Waals surface area contributed by atoms with E-state index in [9.17, 15) is 19.5 Å². The maximum Gasteiger partial charge on any atom is 0.325 e. The average molecular weight is 285 g/mol. The van der Waals surface area contributed by atoms with Gasteiger partial charge in [-0.25, -0.2) is 4.79 Å². The number of urea groups is 1. The van der Waals surface area contributed by atoms with Crippen molar-refractivity contribution in [3.8, 4) is 0 Å². The van der Waals surface area contributed by atoms with Gasteiger partial charge in [-0.2, -0.15) is 0 Å². The number of carbonyl (C=O) groups excluding carboxylic acids is 3. The number of aliphatic hydroxyl groups is 1. The minimum absolute atomic E-state index is 0.00535. The molecule has 0 bridgehead atoms. The second kappa shape index (κ2) is 5.40. The molecule has 4 amide bonds. The van der Waals surface area contributed by atoms with Crippen molar-refractivity contribution in [1.82, 2.24) is 15.5 Å². The molecular formula is C13H23N3O4. The normalized spacial score (nSPS) is 19.8. The summed E-state index contributed by atoms with van der Waals surface area (Å²) < 4.78 is 0. The zero-order valence-corrected chi connectivity index (χ0v) is 12.6. The van der Waals surface area contributed by atoms with Crippen molar-refractivity contribution in [1.29, 1.82) is 0 Å². The molecule has 1 atom stereocenters. The lowest BCUT2D eigenvalue weighted by atomic mass is 9.98. The van der Waals surface area contributed by atoms with Crippen LogP contribution in [0.3, 0.4) is 0 Å². The monoisotopic (exact) mass is 285 g/mol. The smallest absolute Gasteiger partial charge is 0.325 e. The highest BCUT2D eigenvalue weighted by Crippen LogP contribution is 2.17. The molecule has 0 saturated carbocycles. The summed E-state index contributed by atoms with van der Waals surface area (Å²) in [6.45, 7) is 8.24. The Morgan fingerprint density at radius 3 is 2.40 bits per heavy atom. The standard InChI is InChI=1S/C13H23N3O4/c1-8(17)12(2,3)14-9(18)6-7-16-10(19)13(4,5)15-11(16)20/h8,17H,6-7H2,1-5H3,(H,14,18)(H,15,20). The summed E-state index contributed by atoms with van der Waals surface area (Å²) in [7, 11) is 0. The SMILES string of the molecule is CC(O)C(C)(C)NC(=O)CCN1C(=O)NC(C)(C)C1=O. The van der Waals surface area contributed by atoms with Gasteiger partial charge in [-0.15, -0.1) is 0 Å². The first-order valence-corrected chi connectivity index (χ1v) is 6.60. The molecule has 7 nitrogen and oxygen atoms in total. The minimum Gasteiger partial charge on any atom is -0.391 e. The highest BCUT2D eigenvalue weighted by Gasteiger charge is 2.44. The molecule has 0 aliphatic carbocycles. The van der Waals surface area contributed by atoms with Crippen LogP contribution in [-0.2, 0) is 9.59 Å². The Hall–Kier alpha value is -1.63. The van der Waals surface area contributed by atoms with Crippen molar-refractivity contribution in [2.45, 2.75) is 58.2 Å². The molecule has 7 heteroatoms. The van der Waals surface area contributed by atoms with Gasteiger partial charge in [-0.3, -0.25) is 14.5 Å². The molecule has 1 unspecified atom stereocenters. The molecule has 1 aliphatic rings. The third kappa shape index (κ3) is 3.47. The summed E-state index contributed by atoms with van der Waals surface area (Å²) in [5, 5.41) is 14.7. The van der Waals surface area contributed by atoms with E-state index in [4.69, 9.17) is 0 Å². The molecule has 0 radical (unpaired) electrons. The predicted molar refractivity (Wildman–Crippen MR) is 72.8 cm³/mol. The molecule has 0 spiro atoms. The summed E-state index contributed by atoms with van der Waals surface area (Å²) in [6, 6.07) is -0.484. The van der Waals surface area contributed by atoms with Gasteiger partial charge in [0.15, 0.2) is 0 Å². The topological polar surface area (TPSA) is 98.7 Å². The number of nitrogens with one attached hydrogen (secondary N) is 2. The van der Waals surface area contributed by atoms with E-state index in [1.165, 1.54) is 0 Å². The van der Waals surface area contributed by atoms with E-state index in [0.717, 1.165) is 4.90 Å². The molecule has 1 rings (SSSR count). The number of hydrogen-bond acceptors (Lipinski definition) is 4. The highest BCUT2D eigenvalue weighted by molar-refractivity contribution is 6.06. The van der Waals surface area contributed by atoms with Gasteiger partial charge in [0.05, 0.1) is 11.6 Å². The summed E-state index contributed by atoms with van der Waals surface area (Å²) in [5.41, 5.74) is -1.68. The molecular weight excluding hydrogens is 262 g/mol. The molecule has 0 aromatic rings. The van der Waals surface area contributed by atoms with Gasteiger partial charge in [0.2, 0.25) is 5.91 Å². The number of rotatable bonds is 5.